The molecule has 0 aliphatic carbocycles. The summed E-state index contributed by atoms with van der Waals surface area (Å²) >= 11 is 0. The molecule has 1 N–H and O–H groups in total. The lowest BCUT2D eigenvalue weighted by atomic mass is 10.7. The van der Waals surface area contributed by atoms with Gasteiger partial charge in [0.1, 0.15) is 16.1 Å². The van der Waals surface area contributed by atoms with Crippen LogP contribution in [0.3, 0.4) is 0 Å². The minimum atomic E-state index is -1.87. The Bertz CT molecular complexity index is 671. The van der Waals surface area contributed by atoms with Gasteiger partial charge in [-0.3, -0.25) is 0 Å². The van der Waals surface area contributed by atoms with E-state index in [0.717, 1.165) is 10.8 Å². The van der Waals surface area contributed by atoms with Crippen molar-refractivity contribution in [3.63, 3.8) is 0 Å². The molecule has 140 valence electrons. The maximum absolute atomic E-state index is 6.31. The number of furan rings is 2. The van der Waals surface area contributed by atoms with Gasteiger partial charge in [-0.25, -0.2) is 0 Å². The first-order valence-corrected chi connectivity index (χ1v) is 22.1. The van der Waals surface area contributed by atoms with E-state index in [1.807, 2.05) is 0 Å². The summed E-state index contributed by atoms with van der Waals surface area (Å²) in [7, 11) is -6.56. The number of rotatable bonds is 6. The van der Waals surface area contributed by atoms with E-state index in [1.54, 1.807) is 0 Å². The Hall–Kier alpha value is -0.612. The van der Waals surface area contributed by atoms with Crippen molar-refractivity contribution in [2.75, 3.05) is 0 Å². The smallest absolute Gasteiger partial charge is 0.189 e. The van der Waals surface area contributed by atoms with Crippen LogP contribution in [-0.2, 0) is 0 Å². The first-order chi connectivity index (χ1) is 11.1. The lowest BCUT2D eigenvalue weighted by molar-refractivity contribution is 0.624. The van der Waals surface area contributed by atoms with Crippen molar-refractivity contribution < 1.29 is 8.83 Å². The molecule has 25 heavy (non-hydrogen) atoms. The van der Waals surface area contributed by atoms with Crippen LogP contribution in [0.15, 0.2) is 33.1 Å². The molecule has 0 bridgehead atoms. The zero-order valence-corrected chi connectivity index (χ0v) is 21.6. The summed E-state index contributed by atoms with van der Waals surface area (Å²) in [5.41, 5.74) is 0. The van der Waals surface area contributed by atoms with Gasteiger partial charge >= 0.3 is 0 Å². The van der Waals surface area contributed by atoms with Crippen LogP contribution in [0.2, 0.25) is 65.5 Å². The Kier molecular flexibility index (Phi) is 5.40. The average molecular weight is 410 g/mol. The van der Waals surface area contributed by atoms with Crippen LogP contribution < -0.4 is 26.2 Å². The summed E-state index contributed by atoms with van der Waals surface area (Å²) in [5.74, 6) is 0. The highest BCUT2D eigenvalue weighted by Crippen LogP contribution is 2.10. The van der Waals surface area contributed by atoms with Crippen molar-refractivity contribution in [2.24, 2.45) is 0 Å². The molecule has 0 saturated carbocycles. The zero-order chi connectivity index (χ0) is 19.3. The Balaban J connectivity index is 2.26. The molecular formula is C18H35NO2Si4. The van der Waals surface area contributed by atoms with Crippen LogP contribution in [0.5, 0.6) is 0 Å². The highest BCUT2D eigenvalue weighted by Gasteiger charge is 2.39. The van der Waals surface area contributed by atoms with E-state index in [1.165, 1.54) is 10.8 Å². The fraction of sp³-hybridized carbons (Fsp3) is 0.556. The van der Waals surface area contributed by atoms with E-state index in [2.05, 4.69) is 94.4 Å². The molecule has 0 amide bonds. The molecular weight excluding hydrogens is 375 g/mol. The van der Waals surface area contributed by atoms with Gasteiger partial charge in [-0.15, -0.1) is 0 Å². The van der Waals surface area contributed by atoms with Gasteiger partial charge in [0.2, 0.25) is 0 Å². The topological polar surface area (TPSA) is 38.3 Å². The Morgan fingerprint density at radius 1 is 0.520 bits per heavy atom. The molecule has 0 spiro atoms. The third-order valence-electron chi connectivity index (χ3n) is 4.55. The average Bonchev–Trinajstić information content (AvgIpc) is 3.06. The minimum absolute atomic E-state index is 1.16. The molecule has 2 heterocycles. The number of hydrogen-bond acceptors (Lipinski definition) is 3. The molecule has 0 atom stereocenters. The van der Waals surface area contributed by atoms with E-state index in [9.17, 15) is 0 Å². The SMILES string of the molecule is C[Si](C)(C)c1ccc([Si](C)(C)N[Si](C)(C)c2ccc([Si](C)(C)C)o2)o1. The van der Waals surface area contributed by atoms with E-state index >= 15 is 0 Å². The van der Waals surface area contributed by atoms with Crippen molar-refractivity contribution in [3.05, 3.63) is 24.3 Å². The normalized spacial score (nSPS) is 14.2. The summed E-state index contributed by atoms with van der Waals surface area (Å²) < 4.78 is 16.6. The van der Waals surface area contributed by atoms with Crippen LogP contribution >= 0.6 is 0 Å². The van der Waals surface area contributed by atoms with Crippen molar-refractivity contribution in [2.45, 2.75) is 65.5 Å². The van der Waals surface area contributed by atoms with Crippen LogP contribution in [-0.4, -0.2) is 32.6 Å². The van der Waals surface area contributed by atoms with Crippen molar-refractivity contribution >= 4 is 54.2 Å². The van der Waals surface area contributed by atoms with Gasteiger partial charge in [0, 0.05) is 0 Å². The molecule has 0 fully saturated rings. The second-order valence-corrected chi connectivity index (χ2v) is 28.7. The van der Waals surface area contributed by atoms with Crippen LogP contribution in [0.1, 0.15) is 0 Å². The zero-order valence-electron chi connectivity index (χ0n) is 17.6. The van der Waals surface area contributed by atoms with E-state index in [4.69, 9.17) is 8.83 Å². The second-order valence-electron chi connectivity index (χ2n) is 10.2. The third kappa shape index (κ3) is 4.76. The lowest BCUT2D eigenvalue weighted by Gasteiger charge is -2.31. The minimum Gasteiger partial charge on any atom is -0.475 e. The highest BCUT2D eigenvalue weighted by molar-refractivity contribution is 7.02. The summed E-state index contributed by atoms with van der Waals surface area (Å²) in [6.45, 7) is 23.4. The number of hydrogen-bond donors (Lipinski definition) is 1. The largest absolute Gasteiger partial charge is 0.475 e. The van der Waals surface area contributed by atoms with Gasteiger partial charge in [-0.2, -0.15) is 0 Å². The summed E-state index contributed by atoms with van der Waals surface area (Å²) in [5, 5.41) is 4.71. The molecule has 3 nitrogen and oxygen atoms in total. The maximum Gasteiger partial charge on any atom is 0.189 e. The van der Waals surface area contributed by atoms with Gasteiger partial charge in [0.05, 0.1) is 21.5 Å². The quantitative estimate of drug-likeness (QED) is 0.745. The predicted molar refractivity (Wildman–Crippen MR) is 121 cm³/mol. The summed E-state index contributed by atoms with van der Waals surface area (Å²) in [6, 6.07) is 8.80. The first kappa shape index (κ1) is 20.7. The molecule has 0 saturated heterocycles. The van der Waals surface area contributed by atoms with Crippen LogP contribution in [0, 0.1) is 0 Å². The molecule has 0 unspecified atom stereocenters. The first-order valence-electron chi connectivity index (χ1n) is 9.14. The van der Waals surface area contributed by atoms with Crippen LogP contribution in [0.4, 0.5) is 0 Å². The molecule has 2 aromatic rings. The van der Waals surface area contributed by atoms with E-state index in [-0.39, 0.29) is 0 Å². The van der Waals surface area contributed by atoms with Crippen molar-refractivity contribution in [1.29, 1.82) is 0 Å². The Labute approximate surface area is 157 Å². The molecule has 2 aromatic heterocycles. The highest BCUT2D eigenvalue weighted by atomic mass is 28.4. The molecule has 0 aliphatic heterocycles. The van der Waals surface area contributed by atoms with Crippen molar-refractivity contribution in [1.82, 2.24) is 4.65 Å². The monoisotopic (exact) mass is 409 g/mol. The van der Waals surface area contributed by atoms with Crippen LogP contribution in [0.25, 0.3) is 0 Å². The van der Waals surface area contributed by atoms with Gasteiger partial charge in [0.25, 0.3) is 0 Å². The third-order valence-corrected chi connectivity index (χ3v) is 16.0. The van der Waals surface area contributed by atoms with E-state index < -0.39 is 32.6 Å². The van der Waals surface area contributed by atoms with Gasteiger partial charge in [-0.1, -0.05) is 65.5 Å². The second kappa shape index (κ2) is 6.52. The predicted octanol–water partition coefficient (Wildman–Crippen LogP) is 3.08. The maximum atomic E-state index is 6.31. The Morgan fingerprint density at radius 2 is 0.800 bits per heavy atom. The molecule has 0 aliphatic rings. The van der Waals surface area contributed by atoms with Gasteiger partial charge < -0.3 is 13.5 Å². The molecule has 7 heteroatoms. The van der Waals surface area contributed by atoms with Gasteiger partial charge in [0.15, 0.2) is 16.5 Å². The number of nitrogens with one attached hydrogen (secondary N) is 1. The molecule has 2 rings (SSSR count). The summed E-state index contributed by atoms with van der Waals surface area (Å²) in [4.78, 5) is 0. The fourth-order valence-electron chi connectivity index (χ4n) is 3.06. The standard InChI is InChI=1S/C18H35NO2Si4/c1-22(2,3)15-11-13-17(20-15)24(7,8)19-25(9,10)18-14-12-16(21-18)23(4,5)6/h11-14,19H,1-10H3. The fourth-order valence-corrected chi connectivity index (χ4v) is 14.2. The summed E-state index contributed by atoms with van der Waals surface area (Å²) in [6.07, 6.45) is 0. The molecule has 0 radical (unpaired) electrons. The van der Waals surface area contributed by atoms with Crippen molar-refractivity contribution in [3.8, 4) is 0 Å². The molecule has 0 aromatic carbocycles. The lowest BCUT2D eigenvalue weighted by Crippen LogP contribution is -2.69. The Morgan fingerprint density at radius 3 is 1.04 bits per heavy atom. The van der Waals surface area contributed by atoms with E-state index in [0.29, 0.717) is 0 Å². The van der Waals surface area contributed by atoms with Gasteiger partial charge in [-0.05, 0) is 24.3 Å².